The maximum Gasteiger partial charge on any atom is 0.243 e. The van der Waals surface area contributed by atoms with E-state index in [0.29, 0.717) is 22.4 Å². The Morgan fingerprint density at radius 3 is 2.49 bits per heavy atom. The van der Waals surface area contributed by atoms with Crippen molar-refractivity contribution in [2.45, 2.75) is 50.9 Å². The van der Waals surface area contributed by atoms with E-state index >= 15 is 0 Å². The molecule has 1 fully saturated rings. The van der Waals surface area contributed by atoms with Gasteiger partial charge in [0.2, 0.25) is 11.8 Å². The molecular formula is C25H26F3N5O2. The zero-order valence-corrected chi connectivity index (χ0v) is 19.3. The molecule has 1 aliphatic rings. The molecule has 184 valence electrons. The number of H-pyrrole nitrogens is 1. The van der Waals surface area contributed by atoms with Crippen LogP contribution in [0.2, 0.25) is 0 Å². The fourth-order valence-electron chi connectivity index (χ4n) is 4.32. The Morgan fingerprint density at radius 1 is 1.14 bits per heavy atom. The maximum atomic E-state index is 14.8. The fourth-order valence-corrected chi connectivity index (χ4v) is 4.32. The lowest BCUT2D eigenvalue weighted by Gasteiger charge is -2.27. The van der Waals surface area contributed by atoms with Gasteiger partial charge in [-0.25, -0.2) is 13.2 Å². The molecule has 3 unspecified atom stereocenters. The molecule has 3 aromatic rings. The SMILES string of the molecule is CC(C)c1ccc(C(NC(=O)C2CC(F)CN2C(=O)Cc2cnn[nH]2)c2ccc(F)cc2)cc1F. The minimum atomic E-state index is -1.36. The number of amides is 2. The van der Waals surface area contributed by atoms with Crippen molar-refractivity contribution in [2.75, 3.05) is 6.54 Å². The quantitative estimate of drug-likeness (QED) is 0.535. The van der Waals surface area contributed by atoms with Crippen LogP contribution in [-0.4, -0.2) is 50.9 Å². The number of benzene rings is 2. The van der Waals surface area contributed by atoms with Crippen LogP contribution in [0.25, 0.3) is 0 Å². The summed E-state index contributed by atoms with van der Waals surface area (Å²) in [5.41, 5.74) is 1.94. The number of carbonyl (C=O) groups is 2. The van der Waals surface area contributed by atoms with Crippen LogP contribution in [0, 0.1) is 11.6 Å². The Balaban J connectivity index is 1.60. The van der Waals surface area contributed by atoms with Gasteiger partial charge in [-0.15, -0.1) is 5.10 Å². The molecule has 7 nitrogen and oxygen atoms in total. The summed E-state index contributed by atoms with van der Waals surface area (Å²) in [5, 5.41) is 12.6. The van der Waals surface area contributed by atoms with E-state index in [1.54, 1.807) is 12.1 Å². The van der Waals surface area contributed by atoms with E-state index in [1.807, 2.05) is 13.8 Å². The Bertz CT molecular complexity index is 1180. The first-order chi connectivity index (χ1) is 16.7. The van der Waals surface area contributed by atoms with Crippen molar-refractivity contribution in [3.63, 3.8) is 0 Å². The van der Waals surface area contributed by atoms with Gasteiger partial charge in [0.05, 0.1) is 30.9 Å². The molecule has 0 aliphatic carbocycles. The highest BCUT2D eigenvalue weighted by atomic mass is 19.1. The summed E-state index contributed by atoms with van der Waals surface area (Å²) in [7, 11) is 0. The molecule has 10 heteroatoms. The fraction of sp³-hybridized carbons (Fsp3) is 0.360. The number of nitrogens with zero attached hydrogens (tertiary/aromatic N) is 3. The summed E-state index contributed by atoms with van der Waals surface area (Å²) in [5.74, 6) is -1.94. The van der Waals surface area contributed by atoms with Crippen LogP contribution in [0.4, 0.5) is 13.2 Å². The number of alkyl halides is 1. The number of hydrogen-bond donors (Lipinski definition) is 2. The summed E-state index contributed by atoms with van der Waals surface area (Å²) >= 11 is 0. The number of nitrogens with one attached hydrogen (secondary N) is 2. The molecule has 0 saturated carbocycles. The number of aromatic nitrogens is 3. The molecule has 1 saturated heterocycles. The zero-order valence-electron chi connectivity index (χ0n) is 19.3. The largest absolute Gasteiger partial charge is 0.343 e. The highest BCUT2D eigenvalue weighted by Crippen LogP contribution is 2.29. The number of aromatic amines is 1. The molecule has 0 bridgehead atoms. The topological polar surface area (TPSA) is 91.0 Å². The highest BCUT2D eigenvalue weighted by molar-refractivity contribution is 5.89. The van der Waals surface area contributed by atoms with Gasteiger partial charge in [-0.1, -0.05) is 43.3 Å². The predicted molar refractivity (Wildman–Crippen MR) is 122 cm³/mol. The van der Waals surface area contributed by atoms with E-state index in [1.165, 1.54) is 41.4 Å². The van der Waals surface area contributed by atoms with E-state index in [9.17, 15) is 22.8 Å². The molecule has 35 heavy (non-hydrogen) atoms. The van der Waals surface area contributed by atoms with E-state index in [4.69, 9.17) is 0 Å². The second-order valence-electron chi connectivity index (χ2n) is 8.98. The molecule has 0 spiro atoms. The molecular weight excluding hydrogens is 459 g/mol. The van der Waals surface area contributed by atoms with Gasteiger partial charge in [0.1, 0.15) is 23.8 Å². The summed E-state index contributed by atoms with van der Waals surface area (Å²) in [6.45, 7) is 3.53. The van der Waals surface area contributed by atoms with E-state index < -0.39 is 41.7 Å². The lowest BCUT2D eigenvalue weighted by Crippen LogP contribution is -2.47. The molecule has 2 amide bonds. The first kappa shape index (κ1) is 24.4. The van der Waals surface area contributed by atoms with Crippen molar-refractivity contribution >= 4 is 11.8 Å². The Kier molecular flexibility index (Phi) is 7.18. The van der Waals surface area contributed by atoms with Crippen molar-refractivity contribution in [1.82, 2.24) is 25.6 Å². The lowest BCUT2D eigenvalue weighted by molar-refractivity contribution is -0.138. The summed E-state index contributed by atoms with van der Waals surface area (Å²) in [6.07, 6.45) is -0.236. The Morgan fingerprint density at radius 2 is 1.86 bits per heavy atom. The van der Waals surface area contributed by atoms with Crippen molar-refractivity contribution in [3.8, 4) is 0 Å². The molecule has 1 aromatic heterocycles. The van der Waals surface area contributed by atoms with Crippen molar-refractivity contribution < 1.29 is 22.8 Å². The summed E-state index contributed by atoms with van der Waals surface area (Å²) < 4.78 is 42.7. The van der Waals surface area contributed by atoms with Gasteiger partial charge in [0.15, 0.2) is 0 Å². The summed E-state index contributed by atoms with van der Waals surface area (Å²) in [4.78, 5) is 27.3. The Hall–Kier alpha value is -3.69. The van der Waals surface area contributed by atoms with Gasteiger partial charge in [0, 0.05) is 6.42 Å². The smallest absolute Gasteiger partial charge is 0.243 e. The van der Waals surface area contributed by atoms with Gasteiger partial charge in [-0.2, -0.15) is 0 Å². The zero-order chi connectivity index (χ0) is 25.1. The van der Waals surface area contributed by atoms with Crippen molar-refractivity contribution in [1.29, 1.82) is 0 Å². The first-order valence-electron chi connectivity index (χ1n) is 11.4. The predicted octanol–water partition coefficient (Wildman–Crippen LogP) is 3.59. The number of halogens is 3. The second-order valence-corrected chi connectivity index (χ2v) is 8.98. The van der Waals surface area contributed by atoms with Gasteiger partial charge >= 0.3 is 0 Å². The van der Waals surface area contributed by atoms with Gasteiger partial charge in [0.25, 0.3) is 0 Å². The first-order valence-corrected chi connectivity index (χ1v) is 11.4. The van der Waals surface area contributed by atoms with E-state index in [-0.39, 0.29) is 25.3 Å². The molecule has 4 rings (SSSR count). The monoisotopic (exact) mass is 485 g/mol. The van der Waals surface area contributed by atoms with Crippen LogP contribution in [0.1, 0.15) is 54.6 Å². The molecule has 3 atom stereocenters. The van der Waals surface area contributed by atoms with Crippen molar-refractivity contribution in [2.24, 2.45) is 0 Å². The molecule has 2 aromatic carbocycles. The van der Waals surface area contributed by atoms with Gasteiger partial charge < -0.3 is 10.2 Å². The second kappa shape index (κ2) is 10.3. The van der Waals surface area contributed by atoms with E-state index in [2.05, 4.69) is 20.7 Å². The number of likely N-dealkylation sites (tertiary alicyclic amines) is 1. The lowest BCUT2D eigenvalue weighted by atomic mass is 9.94. The number of carbonyl (C=O) groups excluding carboxylic acids is 2. The van der Waals surface area contributed by atoms with Crippen LogP contribution in [-0.2, 0) is 16.0 Å². The van der Waals surface area contributed by atoms with Gasteiger partial charge in [-0.05, 0) is 40.8 Å². The number of hydrogen-bond acceptors (Lipinski definition) is 4. The average molecular weight is 486 g/mol. The third kappa shape index (κ3) is 5.52. The molecule has 0 radical (unpaired) electrons. The summed E-state index contributed by atoms with van der Waals surface area (Å²) in [6, 6.07) is 8.30. The highest BCUT2D eigenvalue weighted by Gasteiger charge is 2.40. The maximum absolute atomic E-state index is 14.8. The molecule has 2 heterocycles. The standard InChI is InChI=1S/C25H26F3N5O2/c1-14(2)20-8-5-16(9-21(20)28)24(15-3-6-17(26)7-4-15)30-25(35)22-10-18(27)13-33(22)23(34)11-19-12-29-32-31-19/h3-9,12,14,18,22,24H,10-11,13H2,1-2H3,(H,30,35)(H,29,31,32). The minimum Gasteiger partial charge on any atom is -0.343 e. The van der Waals surface area contributed by atoms with Crippen LogP contribution >= 0.6 is 0 Å². The van der Waals surface area contributed by atoms with Crippen LogP contribution in [0.5, 0.6) is 0 Å². The molecule has 2 N–H and O–H groups in total. The van der Waals surface area contributed by atoms with Crippen LogP contribution in [0.15, 0.2) is 48.7 Å². The molecule has 1 aliphatic heterocycles. The normalized spacial score (nSPS) is 18.6. The van der Waals surface area contributed by atoms with Crippen LogP contribution in [0.3, 0.4) is 0 Å². The van der Waals surface area contributed by atoms with Crippen LogP contribution < -0.4 is 5.32 Å². The third-order valence-electron chi connectivity index (χ3n) is 6.15. The minimum absolute atomic E-state index is 0.0347. The average Bonchev–Trinajstić information content (AvgIpc) is 3.47. The van der Waals surface area contributed by atoms with E-state index in [0.717, 1.165) is 0 Å². The van der Waals surface area contributed by atoms with Gasteiger partial charge in [-0.3, -0.25) is 14.7 Å². The number of rotatable bonds is 7. The Labute approximate surface area is 200 Å². The van der Waals surface area contributed by atoms with Crippen molar-refractivity contribution in [3.05, 3.63) is 82.7 Å². The third-order valence-corrected chi connectivity index (χ3v) is 6.15.